The highest BCUT2D eigenvalue weighted by Gasteiger charge is 2.41. The highest BCUT2D eigenvalue weighted by molar-refractivity contribution is 5.71. The molecule has 0 atom stereocenters. The van der Waals surface area contributed by atoms with Gasteiger partial charge >= 0.3 is 0 Å². The zero-order valence-corrected chi connectivity index (χ0v) is 10.8. The smallest absolute Gasteiger partial charge is 0.186 e. The van der Waals surface area contributed by atoms with Gasteiger partial charge in [0.25, 0.3) is 0 Å². The number of benzene rings is 1. The topological polar surface area (TPSA) is 47.7 Å². The monoisotopic (exact) mass is 248 g/mol. The largest absolute Gasteiger partial charge is 0.397 e. The zero-order valence-electron chi connectivity index (χ0n) is 10.8. The molecule has 0 amide bonds. The molecule has 98 valence electrons. The summed E-state index contributed by atoms with van der Waals surface area (Å²) in [7, 11) is 0. The maximum atomic E-state index is 6.18. The van der Waals surface area contributed by atoms with Crippen molar-refractivity contribution in [2.24, 2.45) is 0 Å². The zero-order chi connectivity index (χ0) is 12.6. The number of nitrogens with two attached hydrogens (primary N) is 1. The second kappa shape index (κ2) is 4.44. The summed E-state index contributed by atoms with van der Waals surface area (Å²) in [5.41, 5.74) is 9.28. The molecule has 2 N–H and O–H groups in total. The number of hydrogen-bond acceptors (Lipinski definition) is 4. The molecule has 2 aliphatic rings. The van der Waals surface area contributed by atoms with E-state index >= 15 is 0 Å². The molecule has 2 aliphatic heterocycles. The predicted molar refractivity (Wildman–Crippen MR) is 71.7 cm³/mol. The Bertz CT molecular complexity index is 441. The van der Waals surface area contributed by atoms with Crippen LogP contribution in [0.5, 0.6) is 0 Å². The van der Waals surface area contributed by atoms with Crippen molar-refractivity contribution in [1.29, 1.82) is 0 Å². The van der Waals surface area contributed by atoms with Gasteiger partial charge in [-0.1, -0.05) is 12.1 Å². The van der Waals surface area contributed by atoms with Gasteiger partial charge in [-0.25, -0.2) is 0 Å². The molecule has 4 nitrogen and oxygen atoms in total. The van der Waals surface area contributed by atoms with Crippen molar-refractivity contribution in [2.45, 2.75) is 25.6 Å². The average Bonchev–Trinajstić information content (AvgIpc) is 2.81. The highest BCUT2D eigenvalue weighted by atomic mass is 16.7. The van der Waals surface area contributed by atoms with Gasteiger partial charge in [0.1, 0.15) is 0 Å². The van der Waals surface area contributed by atoms with Gasteiger partial charge in [0.15, 0.2) is 5.79 Å². The van der Waals surface area contributed by atoms with Crippen molar-refractivity contribution in [3.63, 3.8) is 0 Å². The Morgan fingerprint density at radius 1 is 1.28 bits per heavy atom. The summed E-state index contributed by atoms with van der Waals surface area (Å²) in [6.07, 6.45) is 2.06. The molecule has 1 spiro atoms. The average molecular weight is 248 g/mol. The Balaban J connectivity index is 1.85. The summed E-state index contributed by atoms with van der Waals surface area (Å²) in [5.74, 6) is -0.394. The number of aryl methyl sites for hydroxylation is 1. The first-order valence-electron chi connectivity index (χ1n) is 6.58. The fourth-order valence-corrected chi connectivity index (χ4v) is 2.87. The molecule has 0 saturated carbocycles. The maximum absolute atomic E-state index is 6.18. The molecule has 4 heteroatoms. The standard InChI is InChI=1S/C14H20N2O2/c1-11-4-2-5-12(13(11)15)16-7-3-6-14(10-16)17-8-9-18-14/h2,4-5H,3,6-10,15H2,1H3. The van der Waals surface area contributed by atoms with Gasteiger partial charge in [-0.05, 0) is 25.0 Å². The lowest BCUT2D eigenvalue weighted by molar-refractivity contribution is -0.161. The van der Waals surface area contributed by atoms with Crippen LogP contribution in [-0.4, -0.2) is 32.1 Å². The van der Waals surface area contributed by atoms with Gasteiger partial charge in [-0.15, -0.1) is 0 Å². The molecule has 0 unspecified atom stereocenters. The van der Waals surface area contributed by atoms with Crippen LogP contribution in [0.1, 0.15) is 18.4 Å². The van der Waals surface area contributed by atoms with Crippen molar-refractivity contribution in [3.05, 3.63) is 23.8 Å². The van der Waals surface area contributed by atoms with E-state index in [1.54, 1.807) is 0 Å². The molecular weight excluding hydrogens is 228 g/mol. The second-order valence-electron chi connectivity index (χ2n) is 5.14. The summed E-state index contributed by atoms with van der Waals surface area (Å²) >= 11 is 0. The van der Waals surface area contributed by atoms with Crippen LogP contribution >= 0.6 is 0 Å². The fourth-order valence-electron chi connectivity index (χ4n) is 2.87. The van der Waals surface area contributed by atoms with Gasteiger partial charge < -0.3 is 20.1 Å². The van der Waals surface area contributed by atoms with E-state index < -0.39 is 5.79 Å². The first-order chi connectivity index (χ1) is 8.70. The Labute approximate surface area is 108 Å². The molecule has 0 bridgehead atoms. The summed E-state index contributed by atoms with van der Waals surface area (Å²) in [4.78, 5) is 2.29. The van der Waals surface area contributed by atoms with Crippen molar-refractivity contribution in [2.75, 3.05) is 36.9 Å². The lowest BCUT2D eigenvalue weighted by atomic mass is 10.0. The molecule has 3 rings (SSSR count). The van der Waals surface area contributed by atoms with Crippen LogP contribution < -0.4 is 10.6 Å². The maximum Gasteiger partial charge on any atom is 0.186 e. The van der Waals surface area contributed by atoms with E-state index in [1.807, 2.05) is 13.0 Å². The first-order valence-corrected chi connectivity index (χ1v) is 6.58. The van der Waals surface area contributed by atoms with E-state index in [2.05, 4.69) is 17.0 Å². The van der Waals surface area contributed by atoms with Crippen molar-refractivity contribution >= 4 is 11.4 Å². The van der Waals surface area contributed by atoms with Crippen LogP contribution in [-0.2, 0) is 9.47 Å². The van der Waals surface area contributed by atoms with Crippen molar-refractivity contribution in [3.8, 4) is 0 Å². The van der Waals surface area contributed by atoms with Crippen LogP contribution in [0.15, 0.2) is 18.2 Å². The number of para-hydroxylation sites is 1. The van der Waals surface area contributed by atoms with E-state index in [-0.39, 0.29) is 0 Å². The highest BCUT2D eigenvalue weighted by Crippen LogP contribution is 2.35. The number of nitrogen functional groups attached to an aromatic ring is 1. The third-order valence-corrected chi connectivity index (χ3v) is 3.87. The van der Waals surface area contributed by atoms with Gasteiger partial charge in [-0.3, -0.25) is 0 Å². The number of anilines is 2. The molecule has 1 aromatic rings. The molecule has 0 radical (unpaired) electrons. The third-order valence-electron chi connectivity index (χ3n) is 3.87. The minimum atomic E-state index is -0.394. The molecule has 0 aromatic heterocycles. The SMILES string of the molecule is Cc1cccc(N2CCCC3(C2)OCCO3)c1N. The Kier molecular flexibility index (Phi) is 2.92. The molecule has 2 fully saturated rings. The van der Waals surface area contributed by atoms with Crippen molar-refractivity contribution < 1.29 is 9.47 Å². The number of rotatable bonds is 1. The van der Waals surface area contributed by atoms with Crippen molar-refractivity contribution in [1.82, 2.24) is 0 Å². The van der Waals surface area contributed by atoms with Gasteiger partial charge in [-0.2, -0.15) is 0 Å². The number of ether oxygens (including phenoxy) is 2. The van der Waals surface area contributed by atoms with E-state index in [4.69, 9.17) is 15.2 Å². The fraction of sp³-hybridized carbons (Fsp3) is 0.571. The van der Waals surface area contributed by atoms with Crippen LogP contribution in [0.2, 0.25) is 0 Å². The number of piperidine rings is 1. The predicted octanol–water partition coefficient (Wildman–Crippen LogP) is 1.92. The summed E-state index contributed by atoms with van der Waals surface area (Å²) in [6, 6.07) is 6.18. The van der Waals surface area contributed by atoms with E-state index in [0.29, 0.717) is 13.2 Å². The Hall–Kier alpha value is -1.26. The Morgan fingerprint density at radius 2 is 2.06 bits per heavy atom. The number of hydrogen-bond donors (Lipinski definition) is 1. The lowest BCUT2D eigenvalue weighted by Gasteiger charge is -2.40. The molecule has 2 heterocycles. The quantitative estimate of drug-likeness (QED) is 0.771. The second-order valence-corrected chi connectivity index (χ2v) is 5.14. The van der Waals surface area contributed by atoms with E-state index in [0.717, 1.165) is 42.9 Å². The summed E-state index contributed by atoms with van der Waals surface area (Å²) < 4.78 is 11.6. The van der Waals surface area contributed by atoms with Crippen LogP contribution in [0.3, 0.4) is 0 Å². The minimum Gasteiger partial charge on any atom is -0.397 e. The molecule has 1 aromatic carbocycles. The summed E-state index contributed by atoms with van der Waals surface area (Å²) in [6.45, 7) is 5.25. The normalized spacial score (nSPS) is 22.6. The van der Waals surface area contributed by atoms with Crippen LogP contribution in [0.4, 0.5) is 11.4 Å². The molecule has 0 aliphatic carbocycles. The molecule has 2 saturated heterocycles. The number of nitrogens with zero attached hydrogens (tertiary/aromatic N) is 1. The molecule has 18 heavy (non-hydrogen) atoms. The lowest BCUT2D eigenvalue weighted by Crippen LogP contribution is -2.49. The Morgan fingerprint density at radius 3 is 2.83 bits per heavy atom. The minimum absolute atomic E-state index is 0.394. The van der Waals surface area contributed by atoms with Crippen LogP contribution in [0, 0.1) is 6.92 Å². The summed E-state index contributed by atoms with van der Waals surface area (Å²) in [5, 5.41) is 0. The van der Waals surface area contributed by atoms with Gasteiger partial charge in [0.05, 0.1) is 31.1 Å². The van der Waals surface area contributed by atoms with Gasteiger partial charge in [0, 0.05) is 13.0 Å². The first kappa shape index (κ1) is 11.8. The third kappa shape index (κ3) is 1.95. The van der Waals surface area contributed by atoms with E-state index in [1.165, 1.54) is 0 Å². The van der Waals surface area contributed by atoms with Crippen LogP contribution in [0.25, 0.3) is 0 Å². The van der Waals surface area contributed by atoms with E-state index in [9.17, 15) is 0 Å². The molecular formula is C14H20N2O2. The van der Waals surface area contributed by atoms with Gasteiger partial charge in [0.2, 0.25) is 0 Å².